The van der Waals surface area contributed by atoms with E-state index in [2.05, 4.69) is 328 Å². The van der Waals surface area contributed by atoms with E-state index in [0.717, 1.165) is 138 Å². The smallest absolute Gasteiger partial charge is 0.166 e. The average molecular weight is 1840 g/mol. The molecule has 0 saturated carbocycles. The number of aromatic nitrogens is 10. The average Bonchev–Trinajstić information content (AvgIpc) is 1.46. The molecule has 676 valence electrons. The first-order valence-electron chi connectivity index (χ1n) is 49.1. The minimum Gasteiger partial charge on any atom is -0.308 e. The van der Waals surface area contributed by atoms with Gasteiger partial charge in [-0.2, -0.15) is 21.0 Å². The zero-order valence-electron chi connectivity index (χ0n) is 80.1. The molecule has 144 heavy (non-hydrogen) atoms. The van der Waals surface area contributed by atoms with E-state index in [0.29, 0.717) is 85.4 Å². The Bertz CT molecular complexity index is 9990. The molecule has 14 nitrogen and oxygen atoms in total. The number of nitriles is 4. The lowest BCUT2D eigenvalue weighted by Crippen LogP contribution is -2.24. The number of hydrogen-bond donors (Lipinski definition) is 0. The summed E-state index contributed by atoms with van der Waals surface area (Å²) in [5.74, 6) is 2.89. The van der Waals surface area contributed by atoms with Crippen molar-refractivity contribution in [1.29, 1.82) is 21.0 Å². The number of hydrogen-bond acceptors (Lipinski definition) is 10. The molecule has 5 aliphatic carbocycles. The molecule has 6 aromatic heterocycles. The van der Waals surface area contributed by atoms with Gasteiger partial charge in [0.15, 0.2) is 34.9 Å². The Morgan fingerprint density at radius 3 is 1.08 bits per heavy atom. The first-order chi connectivity index (χ1) is 70.2. The van der Waals surface area contributed by atoms with E-state index in [1.165, 1.54) is 72.1 Å². The largest absolute Gasteiger partial charge is 0.308 e. The fraction of sp³-hybridized carbons (Fsp3) is 0.108. The van der Waals surface area contributed by atoms with Crippen LogP contribution in [0.25, 0.3) is 223 Å². The number of benzene rings is 17. The molecule has 0 aliphatic heterocycles. The third-order valence-corrected chi connectivity index (χ3v) is 32.2. The molecule has 14 heteroatoms. The van der Waals surface area contributed by atoms with Crippen molar-refractivity contribution in [2.45, 2.75) is 83.0 Å². The molecule has 2 atom stereocenters. The van der Waals surface area contributed by atoms with Gasteiger partial charge in [-0.15, -0.1) is 0 Å². The molecular weight excluding hydrogens is 1760 g/mol. The molecular formula is C130H86N14. The second kappa shape index (κ2) is 30.5. The summed E-state index contributed by atoms with van der Waals surface area (Å²) in [5.41, 5.74) is 35.2. The van der Waals surface area contributed by atoms with Gasteiger partial charge in [0.2, 0.25) is 0 Å². The lowest BCUT2D eigenvalue weighted by Gasteiger charge is -2.29. The summed E-state index contributed by atoms with van der Waals surface area (Å²) >= 11 is 0. The first kappa shape index (κ1) is 83.6. The van der Waals surface area contributed by atoms with Gasteiger partial charge in [-0.05, 0) is 246 Å². The van der Waals surface area contributed by atoms with Crippen LogP contribution >= 0.6 is 0 Å². The molecule has 0 amide bonds. The fourth-order valence-electron chi connectivity index (χ4n) is 25.5. The van der Waals surface area contributed by atoms with E-state index < -0.39 is 10.8 Å². The molecule has 0 spiro atoms. The van der Waals surface area contributed by atoms with E-state index in [4.69, 9.17) is 29.9 Å². The molecule has 28 rings (SSSR count). The topological polar surface area (TPSA) is 192 Å². The fourth-order valence-corrected chi connectivity index (χ4v) is 25.5. The number of rotatable bonds is 11. The van der Waals surface area contributed by atoms with Gasteiger partial charge in [0, 0.05) is 98.6 Å². The molecule has 0 saturated heterocycles. The Morgan fingerprint density at radius 2 is 0.597 bits per heavy atom. The van der Waals surface area contributed by atoms with Gasteiger partial charge in [0.25, 0.3) is 0 Å². The van der Waals surface area contributed by atoms with Gasteiger partial charge in [0.05, 0.1) is 113 Å². The Hall–Kier alpha value is -18.6. The Labute approximate surface area is 830 Å². The molecule has 0 radical (unpaired) electrons. The zero-order chi connectivity index (χ0) is 97.0. The van der Waals surface area contributed by atoms with Crippen molar-refractivity contribution in [3.63, 3.8) is 0 Å². The molecule has 6 heterocycles. The van der Waals surface area contributed by atoms with E-state index in [1.807, 2.05) is 133 Å². The summed E-state index contributed by atoms with van der Waals surface area (Å²) in [6.45, 7) is 18.8. The van der Waals surface area contributed by atoms with Gasteiger partial charge in [-0.3, -0.25) is 0 Å². The van der Waals surface area contributed by atoms with Gasteiger partial charge in [-0.25, -0.2) is 29.9 Å². The molecule has 0 fully saturated rings. The maximum absolute atomic E-state index is 11.0. The monoisotopic (exact) mass is 1840 g/mol. The van der Waals surface area contributed by atoms with Crippen molar-refractivity contribution in [1.82, 2.24) is 48.2 Å². The second-order valence-electron chi connectivity index (χ2n) is 41.3. The number of fused-ring (bicyclic) bond motifs is 26. The number of nitrogens with zero attached hydrogens (tertiary/aromatic N) is 14. The van der Waals surface area contributed by atoms with Crippen LogP contribution in [0, 0.1) is 51.2 Å². The molecule has 23 aromatic rings. The SMILES string of the molecule is CC1(C)c2ccccc2-c2cc3c(cc21)c1ccccc1n3-c1ccc(C#N)cc1-c1nc(-c2ccccc2)nc(-c2cc(C#N)ccc2-n2c3ccccc3c3cc4c(cc32)-c2ccc(-c3ccc5c(c3)-c3ccc6c(c3C5(C)C)c3ccccc3n6-c3ccc(C#N)cc3-c3nc(-c5ccccc5)nc(-c5cc(C#N)ccc5-n5c6ccccc6c6c7c(ccc65)C5C=CC=CC5C7(C)C)n3)cc2C4(C)C)n1. The predicted octanol–water partition coefficient (Wildman–Crippen LogP) is 30.6. The third-order valence-electron chi connectivity index (χ3n) is 32.2. The van der Waals surface area contributed by atoms with Gasteiger partial charge in [-0.1, -0.05) is 274 Å². The summed E-state index contributed by atoms with van der Waals surface area (Å²) in [6, 6.07) is 129. The predicted molar refractivity (Wildman–Crippen MR) is 578 cm³/mol. The Morgan fingerprint density at radius 1 is 0.236 bits per heavy atom. The number of para-hydroxylation sites is 4. The summed E-state index contributed by atoms with van der Waals surface area (Å²) in [7, 11) is 0. The van der Waals surface area contributed by atoms with Crippen molar-refractivity contribution in [2.24, 2.45) is 5.92 Å². The summed E-state index contributed by atoms with van der Waals surface area (Å²) < 4.78 is 9.30. The van der Waals surface area contributed by atoms with E-state index >= 15 is 0 Å². The first-order valence-corrected chi connectivity index (χ1v) is 49.1. The van der Waals surface area contributed by atoms with Crippen LogP contribution in [0.3, 0.4) is 0 Å². The highest BCUT2D eigenvalue weighted by molar-refractivity contribution is 6.18. The second-order valence-corrected chi connectivity index (χ2v) is 41.3. The van der Waals surface area contributed by atoms with Crippen LogP contribution in [0.2, 0.25) is 0 Å². The lowest BCUT2D eigenvalue weighted by atomic mass is 9.74. The maximum atomic E-state index is 11.0. The summed E-state index contributed by atoms with van der Waals surface area (Å²) in [6.07, 6.45) is 9.12. The normalized spacial score (nSPS) is 15.4. The number of allylic oxidation sites excluding steroid dienone is 4. The van der Waals surface area contributed by atoms with Crippen LogP contribution in [-0.4, -0.2) is 48.2 Å². The van der Waals surface area contributed by atoms with Crippen LogP contribution in [0.1, 0.15) is 128 Å². The van der Waals surface area contributed by atoms with E-state index in [9.17, 15) is 21.0 Å². The summed E-state index contributed by atoms with van der Waals surface area (Å²) in [5, 5.41) is 52.8. The Kier molecular flexibility index (Phi) is 17.7. The van der Waals surface area contributed by atoms with Gasteiger partial charge in [0.1, 0.15) is 0 Å². The van der Waals surface area contributed by atoms with Crippen LogP contribution in [0.4, 0.5) is 0 Å². The van der Waals surface area contributed by atoms with Gasteiger partial charge < -0.3 is 18.3 Å². The highest BCUT2D eigenvalue weighted by Crippen LogP contribution is 2.61. The molecule has 5 aliphatic rings. The van der Waals surface area contributed by atoms with Crippen LogP contribution < -0.4 is 0 Å². The van der Waals surface area contributed by atoms with Crippen LogP contribution in [0.15, 0.2) is 364 Å². The van der Waals surface area contributed by atoms with E-state index in [-0.39, 0.29) is 16.7 Å². The quantitative estimate of drug-likeness (QED) is 0.120. The zero-order valence-corrected chi connectivity index (χ0v) is 80.1. The van der Waals surface area contributed by atoms with Crippen LogP contribution in [0.5, 0.6) is 0 Å². The van der Waals surface area contributed by atoms with Crippen molar-refractivity contribution >= 4 is 87.2 Å². The van der Waals surface area contributed by atoms with Crippen LogP contribution in [-0.2, 0) is 21.7 Å². The molecule has 0 N–H and O–H groups in total. The minimum absolute atomic E-state index is 0.187. The van der Waals surface area contributed by atoms with E-state index in [1.54, 1.807) is 0 Å². The molecule has 0 bridgehead atoms. The highest BCUT2D eigenvalue weighted by Gasteiger charge is 2.48. The molecule has 17 aromatic carbocycles. The lowest BCUT2D eigenvalue weighted by molar-refractivity contribution is 0.396. The summed E-state index contributed by atoms with van der Waals surface area (Å²) in [4.78, 5) is 33.0. The standard InChI is InChI=1S/C130H86N14/c1-127(2)99-37-21-16-32-82(99)91-67-115-93(65-103(91)127)84-33-17-23-39-105(84)143(115)111-55-45-75(71-133)61-97(111)125-137-122(78-29-13-10-14-30-78)138-126(140-125)98-62-76(72-134)46-56-112(98)144-106-40-24-18-34-85(106)94-66-104-92(68-116(94)144)83-49-47-80(64-102(83)128(104,3)4)79-48-52-101-90(63-79)87-51-58-114-118(120(87)130(101,7)8)89-36-20-26-42-108(89)142(114)110-54-44-74(70-132)60-96(110)124-136-121(77-27-11-9-12-28-77)135-123(139-124)95-59-73(69-131)43-53-109(95)141-107-41-25-19-35-88(107)117-113(141)57-50-86-81-31-15-22-38-100(81)129(5,6)119(86)117/h9-68,81,100H,1-8H3. The van der Waals surface area contributed by atoms with Gasteiger partial charge >= 0.3 is 0 Å². The highest BCUT2D eigenvalue weighted by atomic mass is 15.1. The third kappa shape index (κ3) is 11.8. The van der Waals surface area contributed by atoms with Crippen molar-refractivity contribution in [2.75, 3.05) is 0 Å². The maximum Gasteiger partial charge on any atom is 0.166 e. The van der Waals surface area contributed by atoms with Crippen molar-refractivity contribution < 1.29 is 0 Å². The molecule has 2 unspecified atom stereocenters. The minimum atomic E-state index is -0.473. The van der Waals surface area contributed by atoms with Crippen molar-refractivity contribution in [3.05, 3.63) is 431 Å². The Balaban J connectivity index is 0.561. The van der Waals surface area contributed by atoms with Crippen molar-refractivity contribution in [3.8, 4) is 160 Å².